The highest BCUT2D eigenvalue weighted by Gasteiger charge is 2.44. The summed E-state index contributed by atoms with van der Waals surface area (Å²) < 4.78 is 2.40. The van der Waals surface area contributed by atoms with E-state index in [1.165, 1.54) is 22.1 Å². The van der Waals surface area contributed by atoms with Gasteiger partial charge in [-0.1, -0.05) is 261 Å². The molecular formula is C91H59BN8. The number of benzene rings is 14. The van der Waals surface area contributed by atoms with Gasteiger partial charge in [-0.25, -0.2) is 24.9 Å². The highest BCUT2D eigenvalue weighted by Crippen LogP contribution is 2.49. The van der Waals surface area contributed by atoms with Crippen LogP contribution in [0.2, 0.25) is 0 Å². The normalized spacial score (nSPS) is 12.1. The van der Waals surface area contributed by atoms with Crippen molar-refractivity contribution in [2.75, 3.05) is 9.80 Å². The molecule has 19 rings (SSSR count). The van der Waals surface area contributed by atoms with Gasteiger partial charge in [-0.3, -0.25) is 0 Å². The van der Waals surface area contributed by atoms with E-state index in [0.29, 0.717) is 23.3 Å². The fourth-order valence-corrected chi connectivity index (χ4v) is 15.1. The Kier molecular flexibility index (Phi) is 14.1. The molecule has 8 nitrogen and oxygen atoms in total. The molecule has 0 fully saturated rings. The van der Waals surface area contributed by atoms with Gasteiger partial charge in [-0.05, 0) is 141 Å². The molecular weight excluding hydrogens is 1220 g/mol. The maximum atomic E-state index is 5.84. The van der Waals surface area contributed by atoms with Crippen molar-refractivity contribution in [3.63, 3.8) is 0 Å². The minimum absolute atomic E-state index is 0.0537. The number of nitrogens with zero attached hydrogens (tertiary/aromatic N) is 8. The third-order valence-electron chi connectivity index (χ3n) is 19.6. The molecule has 0 saturated heterocycles. The maximum Gasteiger partial charge on any atom is 0.252 e. The number of fused-ring (bicyclic) bond motifs is 7. The second-order valence-electron chi connectivity index (χ2n) is 25.5. The molecule has 2 aliphatic heterocycles. The molecule has 0 amide bonds. The highest BCUT2D eigenvalue weighted by atomic mass is 15.2. The smallest absolute Gasteiger partial charge is 0.252 e. The van der Waals surface area contributed by atoms with Crippen LogP contribution >= 0.6 is 0 Å². The van der Waals surface area contributed by atoms with E-state index in [1.807, 2.05) is 60.7 Å². The Morgan fingerprint density at radius 3 is 1.20 bits per heavy atom. The first-order valence-electron chi connectivity index (χ1n) is 33.9. The van der Waals surface area contributed by atoms with Crippen LogP contribution in [0.25, 0.3) is 129 Å². The Labute approximate surface area is 579 Å². The summed E-state index contributed by atoms with van der Waals surface area (Å²) in [6.45, 7) is -0.0537. The van der Waals surface area contributed by atoms with Gasteiger partial charge in [0.2, 0.25) is 0 Å². The van der Waals surface area contributed by atoms with Crippen molar-refractivity contribution in [2.45, 2.75) is 0 Å². The monoisotopic (exact) mass is 1270 g/mol. The third kappa shape index (κ3) is 10.1. The lowest BCUT2D eigenvalue weighted by molar-refractivity contribution is 1.07. The van der Waals surface area contributed by atoms with Crippen LogP contribution in [0.15, 0.2) is 358 Å². The lowest BCUT2D eigenvalue weighted by atomic mass is 9.33. The number of hydrogen-bond acceptors (Lipinski definition) is 7. The SMILES string of the molecule is c1ccc(-c2ccc3c(c2)c2cc(-c4ccccc4)ccc2n3-c2ccc(-c3nc(-c4ccccc4)nc(-c4ccccc4)n3)cc2-c2nc(-c3ccccc3)cc(-c3cccc(-c4ccc5c6c4N(c4ccccc4)c4ccccc4B6c4ccccc4N5c4ccccc4)c3)n2)cc1. The van der Waals surface area contributed by atoms with Crippen molar-refractivity contribution in [3.05, 3.63) is 358 Å². The predicted molar refractivity (Wildman–Crippen MR) is 413 cm³/mol. The lowest BCUT2D eigenvalue weighted by Crippen LogP contribution is -2.61. The van der Waals surface area contributed by atoms with E-state index >= 15 is 0 Å². The van der Waals surface area contributed by atoms with Crippen molar-refractivity contribution in [3.8, 4) is 107 Å². The van der Waals surface area contributed by atoms with E-state index in [4.69, 9.17) is 24.9 Å². The Hall–Kier alpha value is -13.4. The third-order valence-corrected chi connectivity index (χ3v) is 19.6. The van der Waals surface area contributed by atoms with Gasteiger partial charge in [0.05, 0.1) is 33.8 Å². The second kappa shape index (κ2) is 24.4. The molecule has 0 aliphatic carbocycles. The predicted octanol–water partition coefficient (Wildman–Crippen LogP) is 20.8. The van der Waals surface area contributed by atoms with Crippen LogP contribution < -0.4 is 26.2 Å². The van der Waals surface area contributed by atoms with Crippen molar-refractivity contribution >= 4 is 79.0 Å². The molecule has 2 aliphatic rings. The number of hydrogen-bond donors (Lipinski definition) is 0. The Balaban J connectivity index is 0.853. The average Bonchev–Trinajstić information content (AvgIpc) is 0.732. The van der Waals surface area contributed by atoms with E-state index in [2.05, 4.69) is 312 Å². The van der Waals surface area contributed by atoms with Gasteiger partial charge in [-0.2, -0.15) is 0 Å². The first-order chi connectivity index (χ1) is 49.6. The number of anilines is 6. The van der Waals surface area contributed by atoms with Gasteiger partial charge < -0.3 is 14.4 Å². The summed E-state index contributed by atoms with van der Waals surface area (Å²) in [5.41, 5.74) is 27.0. The van der Waals surface area contributed by atoms with E-state index in [1.54, 1.807) is 0 Å². The molecule has 466 valence electrons. The second-order valence-corrected chi connectivity index (χ2v) is 25.5. The van der Waals surface area contributed by atoms with Gasteiger partial charge in [0.25, 0.3) is 6.71 Å². The van der Waals surface area contributed by atoms with Crippen LogP contribution in [0.3, 0.4) is 0 Å². The molecule has 17 aromatic rings. The summed E-state index contributed by atoms with van der Waals surface area (Å²) in [7, 11) is 0. The van der Waals surface area contributed by atoms with Gasteiger partial charge in [0, 0.05) is 78.2 Å². The van der Waals surface area contributed by atoms with Crippen molar-refractivity contribution in [1.29, 1.82) is 0 Å². The Morgan fingerprint density at radius 1 is 0.230 bits per heavy atom. The van der Waals surface area contributed by atoms with Crippen molar-refractivity contribution in [2.24, 2.45) is 0 Å². The van der Waals surface area contributed by atoms with Gasteiger partial charge in [-0.15, -0.1) is 0 Å². The largest absolute Gasteiger partial charge is 0.311 e. The van der Waals surface area contributed by atoms with E-state index in [0.717, 1.165) is 134 Å². The molecule has 0 spiro atoms. The van der Waals surface area contributed by atoms with E-state index in [9.17, 15) is 0 Å². The van der Waals surface area contributed by atoms with Crippen LogP contribution in [0.4, 0.5) is 34.1 Å². The molecule has 14 aromatic carbocycles. The Morgan fingerprint density at radius 2 is 0.650 bits per heavy atom. The minimum atomic E-state index is -0.0537. The quantitative estimate of drug-likeness (QED) is 0.113. The highest BCUT2D eigenvalue weighted by molar-refractivity contribution is 7.00. The molecule has 0 atom stereocenters. The summed E-state index contributed by atoms with van der Waals surface area (Å²) in [4.78, 5) is 32.2. The first-order valence-corrected chi connectivity index (χ1v) is 33.9. The van der Waals surface area contributed by atoms with E-state index in [-0.39, 0.29) is 6.71 Å². The fourth-order valence-electron chi connectivity index (χ4n) is 15.1. The molecule has 0 radical (unpaired) electrons. The zero-order chi connectivity index (χ0) is 66.0. The van der Waals surface area contributed by atoms with Crippen LogP contribution in [0, 0.1) is 0 Å². The zero-order valence-corrected chi connectivity index (χ0v) is 54.2. The maximum absolute atomic E-state index is 5.84. The molecule has 0 N–H and O–H groups in total. The molecule has 100 heavy (non-hydrogen) atoms. The minimum Gasteiger partial charge on any atom is -0.311 e. The summed E-state index contributed by atoms with van der Waals surface area (Å²) >= 11 is 0. The summed E-state index contributed by atoms with van der Waals surface area (Å²) in [5, 5.41) is 2.24. The first kappa shape index (κ1) is 58.0. The summed E-state index contributed by atoms with van der Waals surface area (Å²) in [6, 6.07) is 128. The van der Waals surface area contributed by atoms with Crippen LogP contribution in [-0.2, 0) is 0 Å². The number of aromatic nitrogens is 6. The van der Waals surface area contributed by atoms with Gasteiger partial charge in [0.1, 0.15) is 0 Å². The number of rotatable bonds is 12. The molecule has 0 unspecified atom stereocenters. The molecule has 0 saturated carbocycles. The number of para-hydroxylation sites is 4. The van der Waals surface area contributed by atoms with Crippen LogP contribution in [0.1, 0.15) is 0 Å². The van der Waals surface area contributed by atoms with Crippen molar-refractivity contribution in [1.82, 2.24) is 29.5 Å². The molecule has 3 aromatic heterocycles. The lowest BCUT2D eigenvalue weighted by Gasteiger charge is -2.45. The topological polar surface area (TPSA) is 75.9 Å². The summed E-state index contributed by atoms with van der Waals surface area (Å²) in [5.74, 6) is 2.20. The van der Waals surface area contributed by atoms with Crippen LogP contribution in [0.5, 0.6) is 0 Å². The average molecular weight is 1280 g/mol. The Bertz CT molecular complexity index is 5810. The fraction of sp³-hybridized carbons (Fsp3) is 0. The zero-order valence-electron chi connectivity index (χ0n) is 54.2. The van der Waals surface area contributed by atoms with E-state index < -0.39 is 0 Å². The standard InChI is InChI=1S/C91H59BN8/c1-8-27-60(28-9-1)65-47-51-80-73(56-65)74-57-66(61-29-10-2-11-30-61)48-52-81(74)100(80)82-53-49-69(90-96-88(63-33-14-4-15-34-63)95-89(97-90)64-35-16-5-17-36-64)58-75(82)91-93-78(62-31-12-3-13-32-62)59-79(94-91)68-38-26-37-67(55-68)72-50-54-85-86-87(72)99(71-41-20-7-21-42-71)84-46-25-23-44-77(84)92(86)76-43-22-24-45-83(76)98(85)70-39-18-6-19-40-70/h1-59H. The van der Waals surface area contributed by atoms with Gasteiger partial charge in [0.15, 0.2) is 23.3 Å². The van der Waals surface area contributed by atoms with Crippen LogP contribution in [-0.4, -0.2) is 36.2 Å². The molecule has 0 bridgehead atoms. The summed E-state index contributed by atoms with van der Waals surface area (Å²) in [6.07, 6.45) is 0. The molecule has 9 heteroatoms. The van der Waals surface area contributed by atoms with Crippen molar-refractivity contribution < 1.29 is 0 Å². The molecule has 5 heterocycles. The van der Waals surface area contributed by atoms with Gasteiger partial charge >= 0.3 is 0 Å².